The second-order valence-corrected chi connectivity index (χ2v) is 5.19. The van der Waals surface area contributed by atoms with Crippen LogP contribution in [0.2, 0.25) is 0 Å². The molecular weight excluding hydrogens is 343 g/mol. The molecule has 3 nitrogen and oxygen atoms in total. The Morgan fingerprint density at radius 2 is 1.94 bits per heavy atom. The maximum atomic E-state index is 11.8. The van der Waals surface area contributed by atoms with Gasteiger partial charge in [0, 0.05) is 22.0 Å². The Labute approximate surface area is 121 Å². The first-order valence-electron chi connectivity index (χ1n) is 6.08. The number of esters is 1. The molecule has 98 valence electrons. The number of hydrogen-bond donors (Lipinski definition) is 0. The third-order valence-corrected chi connectivity index (χ3v) is 3.16. The van der Waals surface area contributed by atoms with Gasteiger partial charge in [0.1, 0.15) is 0 Å². The van der Waals surface area contributed by atoms with Crippen molar-refractivity contribution < 1.29 is 14.3 Å². The molecule has 1 aromatic carbocycles. The van der Waals surface area contributed by atoms with E-state index in [-0.39, 0.29) is 11.8 Å². The van der Waals surface area contributed by atoms with Crippen molar-refractivity contribution in [3.8, 4) is 0 Å². The lowest BCUT2D eigenvalue weighted by Gasteiger charge is -2.02. The summed E-state index contributed by atoms with van der Waals surface area (Å²) in [6, 6.07) is 7.55. The highest BCUT2D eigenvalue weighted by atomic mass is 127. The predicted molar refractivity (Wildman–Crippen MR) is 78.6 cm³/mol. The average Bonchev–Trinajstić information content (AvgIpc) is 2.35. The van der Waals surface area contributed by atoms with Crippen LogP contribution in [0.3, 0.4) is 0 Å². The summed E-state index contributed by atoms with van der Waals surface area (Å²) in [5.74, 6) is -0.0448. The van der Waals surface area contributed by atoms with Crippen molar-refractivity contribution >= 4 is 34.3 Å². The number of halogens is 1. The minimum Gasteiger partial charge on any atom is -0.466 e. The number of rotatable bonds is 7. The van der Waals surface area contributed by atoms with Gasteiger partial charge in [0.05, 0.1) is 6.61 Å². The summed E-state index contributed by atoms with van der Waals surface area (Å²) >= 11 is 2.19. The molecule has 1 rings (SSSR count). The minimum atomic E-state index is -0.181. The van der Waals surface area contributed by atoms with Crippen LogP contribution >= 0.6 is 22.6 Å². The van der Waals surface area contributed by atoms with Gasteiger partial charge in [-0.3, -0.25) is 9.59 Å². The van der Waals surface area contributed by atoms with Crippen molar-refractivity contribution in [3.63, 3.8) is 0 Å². The van der Waals surface area contributed by atoms with Crippen LogP contribution in [0.4, 0.5) is 0 Å². The molecule has 0 aliphatic heterocycles. The van der Waals surface area contributed by atoms with Crippen molar-refractivity contribution in [1.29, 1.82) is 0 Å². The summed E-state index contributed by atoms with van der Waals surface area (Å²) in [5, 5.41) is 0. The van der Waals surface area contributed by atoms with Crippen LogP contribution in [0.5, 0.6) is 0 Å². The first-order chi connectivity index (χ1) is 8.63. The van der Waals surface area contributed by atoms with E-state index in [0.717, 1.165) is 15.6 Å². The molecule has 0 saturated carbocycles. The van der Waals surface area contributed by atoms with Crippen LogP contribution in [-0.4, -0.2) is 18.4 Å². The SMILES string of the molecule is CCOC(=O)CCCCC(=O)c1cccc(I)c1. The zero-order chi connectivity index (χ0) is 13.4. The maximum absolute atomic E-state index is 11.8. The lowest BCUT2D eigenvalue weighted by atomic mass is 10.0. The van der Waals surface area contributed by atoms with Crippen LogP contribution < -0.4 is 0 Å². The zero-order valence-electron chi connectivity index (χ0n) is 10.4. The Bertz CT molecular complexity index is 415. The predicted octanol–water partition coefficient (Wildman–Crippen LogP) is 3.60. The fraction of sp³-hybridized carbons (Fsp3) is 0.429. The van der Waals surface area contributed by atoms with Gasteiger partial charge < -0.3 is 4.74 Å². The first-order valence-corrected chi connectivity index (χ1v) is 7.15. The van der Waals surface area contributed by atoms with E-state index in [1.807, 2.05) is 24.3 Å². The topological polar surface area (TPSA) is 43.4 Å². The molecule has 0 aliphatic rings. The number of hydrogen-bond acceptors (Lipinski definition) is 3. The Kier molecular flexibility index (Phi) is 6.93. The van der Waals surface area contributed by atoms with E-state index < -0.39 is 0 Å². The summed E-state index contributed by atoms with van der Waals surface area (Å²) in [5.41, 5.74) is 0.748. The molecule has 0 radical (unpaired) electrons. The second kappa shape index (κ2) is 8.24. The van der Waals surface area contributed by atoms with E-state index in [2.05, 4.69) is 22.6 Å². The minimum absolute atomic E-state index is 0.136. The van der Waals surface area contributed by atoms with Gasteiger partial charge in [-0.1, -0.05) is 12.1 Å². The first kappa shape index (κ1) is 15.1. The Balaban J connectivity index is 2.27. The standard InChI is InChI=1S/C14H17IO3/c1-2-18-14(17)9-4-3-8-13(16)11-6-5-7-12(15)10-11/h5-7,10H,2-4,8-9H2,1H3. The Hall–Kier alpha value is -0.910. The summed E-state index contributed by atoms with van der Waals surface area (Å²) in [6.45, 7) is 2.21. The van der Waals surface area contributed by atoms with E-state index in [4.69, 9.17) is 4.74 Å². The van der Waals surface area contributed by atoms with Crippen LogP contribution in [0.15, 0.2) is 24.3 Å². The molecule has 0 unspecified atom stereocenters. The Morgan fingerprint density at radius 1 is 1.22 bits per heavy atom. The second-order valence-electron chi connectivity index (χ2n) is 3.95. The van der Waals surface area contributed by atoms with Gasteiger partial charge in [0.25, 0.3) is 0 Å². The molecule has 1 aromatic rings. The smallest absolute Gasteiger partial charge is 0.305 e. The van der Waals surface area contributed by atoms with E-state index >= 15 is 0 Å². The van der Waals surface area contributed by atoms with Gasteiger partial charge in [-0.15, -0.1) is 0 Å². The Morgan fingerprint density at radius 3 is 2.61 bits per heavy atom. The molecule has 0 heterocycles. The van der Waals surface area contributed by atoms with Crippen molar-refractivity contribution in [1.82, 2.24) is 0 Å². The van der Waals surface area contributed by atoms with Gasteiger partial charge in [-0.2, -0.15) is 0 Å². The summed E-state index contributed by atoms with van der Waals surface area (Å²) in [4.78, 5) is 22.9. The maximum Gasteiger partial charge on any atom is 0.305 e. The molecule has 0 saturated heterocycles. The highest BCUT2D eigenvalue weighted by molar-refractivity contribution is 14.1. The number of ether oxygens (including phenoxy) is 1. The lowest BCUT2D eigenvalue weighted by molar-refractivity contribution is -0.143. The summed E-state index contributed by atoms with van der Waals surface area (Å²) in [6.07, 6.45) is 2.31. The number of carbonyl (C=O) groups excluding carboxylic acids is 2. The molecule has 18 heavy (non-hydrogen) atoms. The fourth-order valence-electron chi connectivity index (χ4n) is 1.59. The van der Waals surface area contributed by atoms with Crippen molar-refractivity contribution in [2.75, 3.05) is 6.61 Å². The molecule has 0 atom stereocenters. The molecule has 0 aliphatic carbocycles. The van der Waals surface area contributed by atoms with E-state index in [1.165, 1.54) is 0 Å². The zero-order valence-corrected chi connectivity index (χ0v) is 12.6. The van der Waals surface area contributed by atoms with Crippen molar-refractivity contribution in [2.24, 2.45) is 0 Å². The van der Waals surface area contributed by atoms with Crippen molar-refractivity contribution in [2.45, 2.75) is 32.6 Å². The molecule has 0 amide bonds. The monoisotopic (exact) mass is 360 g/mol. The van der Waals surface area contributed by atoms with Crippen LogP contribution in [0.1, 0.15) is 43.0 Å². The fourth-order valence-corrected chi connectivity index (χ4v) is 2.14. The third-order valence-electron chi connectivity index (χ3n) is 2.49. The highest BCUT2D eigenvalue weighted by Crippen LogP contribution is 2.12. The number of Topliss-reactive ketones (excluding diaryl/α,β-unsaturated/α-hetero) is 1. The lowest BCUT2D eigenvalue weighted by Crippen LogP contribution is -2.04. The van der Waals surface area contributed by atoms with Gasteiger partial charge in [-0.05, 0) is 54.5 Å². The summed E-state index contributed by atoms with van der Waals surface area (Å²) in [7, 11) is 0. The van der Waals surface area contributed by atoms with Crippen molar-refractivity contribution in [3.05, 3.63) is 33.4 Å². The highest BCUT2D eigenvalue weighted by Gasteiger charge is 2.07. The molecule has 0 N–H and O–H groups in total. The van der Waals surface area contributed by atoms with E-state index in [9.17, 15) is 9.59 Å². The van der Waals surface area contributed by atoms with Crippen LogP contribution in [-0.2, 0) is 9.53 Å². The molecular formula is C14H17IO3. The van der Waals surface area contributed by atoms with Gasteiger partial charge >= 0.3 is 5.97 Å². The van der Waals surface area contributed by atoms with Crippen LogP contribution in [0.25, 0.3) is 0 Å². The quantitative estimate of drug-likeness (QED) is 0.323. The number of benzene rings is 1. The molecule has 0 bridgehead atoms. The number of ketones is 1. The molecule has 0 aromatic heterocycles. The van der Waals surface area contributed by atoms with Crippen LogP contribution in [0, 0.1) is 3.57 Å². The number of unbranched alkanes of at least 4 members (excludes halogenated alkanes) is 1. The largest absolute Gasteiger partial charge is 0.466 e. The van der Waals surface area contributed by atoms with Gasteiger partial charge in [0.15, 0.2) is 5.78 Å². The molecule has 0 spiro atoms. The normalized spacial score (nSPS) is 10.1. The molecule has 4 heteroatoms. The average molecular weight is 360 g/mol. The number of carbonyl (C=O) groups is 2. The van der Waals surface area contributed by atoms with Gasteiger partial charge in [-0.25, -0.2) is 0 Å². The molecule has 0 fully saturated rings. The van der Waals surface area contributed by atoms with E-state index in [0.29, 0.717) is 25.9 Å². The van der Waals surface area contributed by atoms with Gasteiger partial charge in [0.2, 0.25) is 0 Å². The third kappa shape index (κ3) is 5.62. The van der Waals surface area contributed by atoms with E-state index in [1.54, 1.807) is 6.92 Å². The summed E-state index contributed by atoms with van der Waals surface area (Å²) < 4.78 is 5.88.